The predicted molar refractivity (Wildman–Crippen MR) is 111 cm³/mol. The molecule has 0 bridgehead atoms. The number of halogens is 1. The summed E-state index contributed by atoms with van der Waals surface area (Å²) in [7, 11) is 0. The molecule has 0 N–H and O–H groups in total. The van der Waals surface area contributed by atoms with Crippen LogP contribution < -0.4 is 4.74 Å². The van der Waals surface area contributed by atoms with Crippen LogP contribution in [0.3, 0.4) is 0 Å². The minimum absolute atomic E-state index is 0.191. The highest BCUT2D eigenvalue weighted by atomic mass is 32.2. The Morgan fingerprint density at radius 2 is 1.83 bits per heavy atom. The molecule has 1 atom stereocenters. The second-order valence-corrected chi connectivity index (χ2v) is 8.04. The number of rotatable bonds is 8. The highest BCUT2D eigenvalue weighted by Gasteiger charge is 2.21. The summed E-state index contributed by atoms with van der Waals surface area (Å²) in [6.45, 7) is 6.79. The zero-order valence-electron chi connectivity index (χ0n) is 16.7. The highest BCUT2D eigenvalue weighted by Crippen LogP contribution is 2.29. The smallest absolute Gasteiger partial charge is 0.191 e. The molecule has 1 aromatic heterocycles. The SMILES string of the molecule is CC(C)Cn1c(SCc2ccccc2C#N)nnc1C(C)Oc1ccccc1F. The predicted octanol–water partition coefficient (Wildman–Crippen LogP) is 5.38. The molecule has 0 radical (unpaired) electrons. The molecule has 0 saturated carbocycles. The molecule has 0 saturated heterocycles. The zero-order valence-corrected chi connectivity index (χ0v) is 17.5. The Kier molecular flexibility index (Phi) is 6.89. The molecule has 3 rings (SSSR count). The van der Waals surface area contributed by atoms with Gasteiger partial charge < -0.3 is 9.30 Å². The summed E-state index contributed by atoms with van der Waals surface area (Å²) >= 11 is 1.53. The van der Waals surface area contributed by atoms with Crippen LogP contribution in [-0.2, 0) is 12.3 Å². The third-order valence-electron chi connectivity index (χ3n) is 4.29. The lowest BCUT2D eigenvalue weighted by molar-refractivity contribution is 0.198. The van der Waals surface area contributed by atoms with Crippen LogP contribution in [0.2, 0.25) is 0 Å². The maximum Gasteiger partial charge on any atom is 0.191 e. The van der Waals surface area contributed by atoms with Gasteiger partial charge in [0, 0.05) is 12.3 Å². The summed E-state index contributed by atoms with van der Waals surface area (Å²) in [6, 6.07) is 16.1. The number of benzene rings is 2. The van der Waals surface area contributed by atoms with Crippen LogP contribution >= 0.6 is 11.8 Å². The van der Waals surface area contributed by atoms with E-state index in [9.17, 15) is 9.65 Å². The fraction of sp³-hybridized carbons (Fsp3) is 0.318. The third kappa shape index (κ3) is 5.15. The van der Waals surface area contributed by atoms with E-state index < -0.39 is 11.9 Å². The van der Waals surface area contributed by atoms with Crippen LogP contribution in [0.15, 0.2) is 53.7 Å². The standard InChI is InChI=1S/C22H23FN4OS/c1-15(2)13-27-21(16(3)28-20-11-7-6-10-19(20)23)25-26-22(27)29-14-18-9-5-4-8-17(18)12-24/h4-11,15-16H,13-14H2,1-3H3. The second kappa shape index (κ2) is 9.57. The largest absolute Gasteiger partial charge is 0.480 e. The van der Waals surface area contributed by atoms with Crippen LogP contribution in [0.25, 0.3) is 0 Å². The number of aromatic nitrogens is 3. The molecule has 0 aliphatic rings. The van der Waals surface area contributed by atoms with E-state index in [4.69, 9.17) is 4.74 Å². The average Bonchev–Trinajstić information content (AvgIpc) is 3.10. The molecule has 0 amide bonds. The maximum atomic E-state index is 14.0. The number of para-hydroxylation sites is 1. The van der Waals surface area contributed by atoms with Crippen molar-refractivity contribution in [3.8, 4) is 11.8 Å². The van der Waals surface area contributed by atoms with Crippen molar-refractivity contribution in [2.24, 2.45) is 5.92 Å². The summed E-state index contributed by atoms with van der Waals surface area (Å²) in [5.41, 5.74) is 1.61. The Hall–Kier alpha value is -2.85. The first-order chi connectivity index (χ1) is 14.0. The van der Waals surface area contributed by atoms with Crippen molar-refractivity contribution >= 4 is 11.8 Å². The van der Waals surface area contributed by atoms with Crippen molar-refractivity contribution in [1.29, 1.82) is 5.26 Å². The Balaban J connectivity index is 1.82. The summed E-state index contributed by atoms with van der Waals surface area (Å²) in [6.07, 6.45) is -0.459. The van der Waals surface area contributed by atoms with E-state index >= 15 is 0 Å². The third-order valence-corrected chi connectivity index (χ3v) is 5.31. The normalized spacial score (nSPS) is 12.0. The molecule has 7 heteroatoms. The molecule has 3 aromatic rings. The van der Waals surface area contributed by atoms with Gasteiger partial charge in [-0.15, -0.1) is 10.2 Å². The molecule has 1 unspecified atom stereocenters. The summed E-state index contributed by atoms with van der Waals surface area (Å²) in [4.78, 5) is 0. The van der Waals surface area contributed by atoms with Gasteiger partial charge in [-0.1, -0.05) is 55.9 Å². The van der Waals surface area contributed by atoms with Gasteiger partial charge in [0.25, 0.3) is 0 Å². The monoisotopic (exact) mass is 410 g/mol. The van der Waals surface area contributed by atoms with Crippen molar-refractivity contribution in [1.82, 2.24) is 14.8 Å². The maximum absolute atomic E-state index is 14.0. The fourth-order valence-corrected chi connectivity index (χ4v) is 3.88. The lowest BCUT2D eigenvalue weighted by atomic mass is 10.1. The van der Waals surface area contributed by atoms with Crippen LogP contribution in [0.5, 0.6) is 5.75 Å². The van der Waals surface area contributed by atoms with E-state index in [1.807, 2.05) is 35.8 Å². The van der Waals surface area contributed by atoms with Gasteiger partial charge in [0.15, 0.2) is 28.7 Å². The van der Waals surface area contributed by atoms with Crippen molar-refractivity contribution in [3.63, 3.8) is 0 Å². The van der Waals surface area contributed by atoms with Gasteiger partial charge in [-0.25, -0.2) is 4.39 Å². The molecule has 0 aliphatic carbocycles. The highest BCUT2D eigenvalue weighted by molar-refractivity contribution is 7.98. The molecular weight excluding hydrogens is 387 g/mol. The van der Waals surface area contributed by atoms with E-state index in [1.54, 1.807) is 18.2 Å². The number of ether oxygens (including phenoxy) is 1. The fourth-order valence-electron chi connectivity index (χ4n) is 2.93. The van der Waals surface area contributed by atoms with Crippen molar-refractivity contribution in [2.45, 2.75) is 44.3 Å². The first-order valence-electron chi connectivity index (χ1n) is 9.44. The second-order valence-electron chi connectivity index (χ2n) is 7.09. The summed E-state index contributed by atoms with van der Waals surface area (Å²) < 4.78 is 21.8. The molecule has 1 heterocycles. The van der Waals surface area contributed by atoms with Crippen LogP contribution in [0.4, 0.5) is 4.39 Å². The Labute approximate surface area is 174 Å². The number of nitriles is 1. The number of nitrogens with zero attached hydrogens (tertiary/aromatic N) is 4. The van der Waals surface area contributed by atoms with E-state index in [0.717, 1.165) is 17.3 Å². The van der Waals surface area contributed by atoms with E-state index in [2.05, 4.69) is 30.1 Å². The molecule has 150 valence electrons. The molecule has 5 nitrogen and oxygen atoms in total. The molecule has 29 heavy (non-hydrogen) atoms. The number of hydrogen-bond acceptors (Lipinski definition) is 5. The van der Waals surface area contributed by atoms with Gasteiger partial charge >= 0.3 is 0 Å². The van der Waals surface area contributed by atoms with Gasteiger partial charge in [-0.05, 0) is 36.6 Å². The molecule has 0 spiro atoms. The van der Waals surface area contributed by atoms with Crippen LogP contribution in [0.1, 0.15) is 43.8 Å². The zero-order chi connectivity index (χ0) is 20.8. The van der Waals surface area contributed by atoms with Crippen LogP contribution in [0, 0.1) is 23.1 Å². The Morgan fingerprint density at radius 1 is 1.10 bits per heavy atom. The topological polar surface area (TPSA) is 63.7 Å². The lowest BCUT2D eigenvalue weighted by Gasteiger charge is -2.18. The molecule has 0 aliphatic heterocycles. The molecule has 0 fully saturated rings. The lowest BCUT2D eigenvalue weighted by Crippen LogP contribution is -2.15. The van der Waals surface area contributed by atoms with E-state index in [-0.39, 0.29) is 5.75 Å². The van der Waals surface area contributed by atoms with Crippen molar-refractivity contribution in [3.05, 3.63) is 71.3 Å². The molecule has 2 aromatic carbocycles. The first-order valence-corrected chi connectivity index (χ1v) is 10.4. The van der Waals surface area contributed by atoms with Gasteiger partial charge in [-0.3, -0.25) is 0 Å². The van der Waals surface area contributed by atoms with Crippen molar-refractivity contribution < 1.29 is 9.13 Å². The number of hydrogen-bond donors (Lipinski definition) is 0. The Morgan fingerprint density at radius 3 is 2.55 bits per heavy atom. The van der Waals surface area contributed by atoms with Gasteiger partial charge in [0.1, 0.15) is 0 Å². The minimum Gasteiger partial charge on any atom is -0.480 e. The van der Waals surface area contributed by atoms with Crippen LogP contribution in [-0.4, -0.2) is 14.8 Å². The van der Waals surface area contributed by atoms with Gasteiger partial charge in [-0.2, -0.15) is 5.26 Å². The summed E-state index contributed by atoms with van der Waals surface area (Å²) in [5.74, 6) is 1.42. The molecular formula is C22H23FN4OS. The summed E-state index contributed by atoms with van der Waals surface area (Å²) in [5, 5.41) is 18.7. The first kappa shape index (κ1) is 20.9. The van der Waals surface area contributed by atoms with E-state index in [0.29, 0.717) is 23.1 Å². The average molecular weight is 411 g/mol. The Bertz CT molecular complexity index is 1010. The van der Waals surface area contributed by atoms with Crippen molar-refractivity contribution in [2.75, 3.05) is 0 Å². The van der Waals surface area contributed by atoms with Gasteiger partial charge in [0.05, 0.1) is 11.6 Å². The van der Waals surface area contributed by atoms with Gasteiger partial charge in [0.2, 0.25) is 0 Å². The number of thioether (sulfide) groups is 1. The minimum atomic E-state index is -0.459. The quantitative estimate of drug-likeness (QED) is 0.467. The van der Waals surface area contributed by atoms with E-state index in [1.165, 1.54) is 17.8 Å².